The van der Waals surface area contributed by atoms with Gasteiger partial charge in [0.2, 0.25) is 5.89 Å². The summed E-state index contributed by atoms with van der Waals surface area (Å²) in [6.07, 6.45) is 2.40. The molecule has 0 radical (unpaired) electrons. The predicted molar refractivity (Wildman–Crippen MR) is 65.9 cm³/mol. The van der Waals surface area contributed by atoms with Crippen molar-refractivity contribution in [2.75, 3.05) is 0 Å². The van der Waals surface area contributed by atoms with E-state index in [0.29, 0.717) is 30.1 Å². The van der Waals surface area contributed by atoms with E-state index in [-0.39, 0.29) is 0 Å². The highest BCUT2D eigenvalue weighted by molar-refractivity contribution is 5.42. The fourth-order valence-corrected chi connectivity index (χ4v) is 3.39. The van der Waals surface area contributed by atoms with Crippen molar-refractivity contribution in [3.05, 3.63) is 47.1 Å². The zero-order valence-corrected chi connectivity index (χ0v) is 10.0. The highest BCUT2D eigenvalue weighted by Gasteiger charge is 2.56. The second-order valence-corrected chi connectivity index (χ2v) is 5.21. The van der Waals surface area contributed by atoms with Gasteiger partial charge in [0.25, 0.3) is 0 Å². The molecule has 3 unspecified atom stereocenters. The molecule has 3 atom stereocenters. The molecule has 1 heterocycles. The Morgan fingerprint density at radius 2 is 2.17 bits per heavy atom. The number of hydrogen-bond donors (Lipinski definition) is 1. The van der Waals surface area contributed by atoms with Gasteiger partial charge in [-0.1, -0.05) is 29.4 Å². The van der Waals surface area contributed by atoms with Crippen LogP contribution in [0.5, 0.6) is 0 Å². The maximum absolute atomic E-state index is 5.52. The predicted octanol–water partition coefficient (Wildman–Crippen LogP) is 1.97. The molecule has 18 heavy (non-hydrogen) atoms. The number of hydrogen-bond acceptors (Lipinski definition) is 4. The van der Waals surface area contributed by atoms with Crippen molar-refractivity contribution in [3.8, 4) is 0 Å². The molecule has 4 nitrogen and oxygen atoms in total. The summed E-state index contributed by atoms with van der Waals surface area (Å²) >= 11 is 0. The molecule has 2 aliphatic carbocycles. The Hall–Kier alpha value is -1.68. The van der Waals surface area contributed by atoms with Crippen LogP contribution in [-0.2, 0) is 13.0 Å². The van der Waals surface area contributed by atoms with Crippen LogP contribution < -0.4 is 5.73 Å². The van der Waals surface area contributed by atoms with Gasteiger partial charge in [-0.3, -0.25) is 0 Å². The number of nitrogens with zero attached hydrogens (tertiary/aromatic N) is 2. The van der Waals surface area contributed by atoms with Crippen LogP contribution in [-0.4, -0.2) is 10.1 Å². The fourth-order valence-electron chi connectivity index (χ4n) is 3.39. The molecule has 4 heteroatoms. The molecular formula is C14H15N3O. The maximum Gasteiger partial charge on any atom is 0.230 e. The molecule has 1 aromatic carbocycles. The first-order valence-corrected chi connectivity index (χ1v) is 6.49. The highest BCUT2D eigenvalue weighted by atomic mass is 16.5. The topological polar surface area (TPSA) is 64.9 Å². The lowest BCUT2D eigenvalue weighted by molar-refractivity contribution is 0.369. The van der Waals surface area contributed by atoms with Crippen LogP contribution in [0, 0.1) is 5.92 Å². The third-order valence-corrected chi connectivity index (χ3v) is 4.28. The largest absolute Gasteiger partial charge is 0.339 e. The van der Waals surface area contributed by atoms with E-state index >= 15 is 0 Å². The zero-order valence-electron chi connectivity index (χ0n) is 10.0. The van der Waals surface area contributed by atoms with Gasteiger partial charge < -0.3 is 10.3 Å². The van der Waals surface area contributed by atoms with Crippen molar-refractivity contribution in [1.82, 2.24) is 10.1 Å². The quantitative estimate of drug-likeness (QED) is 0.873. The summed E-state index contributed by atoms with van der Waals surface area (Å²) in [6.45, 7) is 0.349. The molecule has 0 aliphatic heterocycles. The summed E-state index contributed by atoms with van der Waals surface area (Å²) < 4.78 is 5.35. The van der Waals surface area contributed by atoms with Gasteiger partial charge >= 0.3 is 0 Å². The van der Waals surface area contributed by atoms with Gasteiger partial charge in [-0.25, -0.2) is 0 Å². The molecule has 1 aromatic heterocycles. The van der Waals surface area contributed by atoms with Crippen LogP contribution in [0.2, 0.25) is 0 Å². The van der Waals surface area contributed by atoms with Crippen LogP contribution >= 0.6 is 0 Å². The van der Waals surface area contributed by atoms with Crippen molar-refractivity contribution in [2.24, 2.45) is 11.7 Å². The number of aromatic nitrogens is 2. The number of benzene rings is 1. The molecule has 92 valence electrons. The van der Waals surface area contributed by atoms with Crippen LogP contribution in [0.25, 0.3) is 0 Å². The summed E-state index contributed by atoms with van der Waals surface area (Å²) in [7, 11) is 0. The molecule has 2 N–H and O–H groups in total. The van der Waals surface area contributed by atoms with E-state index in [1.165, 1.54) is 24.0 Å². The molecule has 4 rings (SSSR count). The molecule has 1 fully saturated rings. The van der Waals surface area contributed by atoms with Gasteiger partial charge in [0.15, 0.2) is 5.82 Å². The van der Waals surface area contributed by atoms with Gasteiger partial charge in [0.05, 0.1) is 6.54 Å². The summed E-state index contributed by atoms with van der Waals surface area (Å²) in [5, 5.41) is 3.90. The minimum absolute atomic E-state index is 0.349. The van der Waals surface area contributed by atoms with Gasteiger partial charge in [0.1, 0.15) is 0 Å². The van der Waals surface area contributed by atoms with Gasteiger partial charge in [0, 0.05) is 5.92 Å². The minimum Gasteiger partial charge on any atom is -0.339 e. The Morgan fingerprint density at radius 1 is 1.28 bits per heavy atom. The highest BCUT2D eigenvalue weighted by Crippen LogP contribution is 2.64. The molecule has 0 saturated heterocycles. The number of nitrogens with two attached hydrogens (primary N) is 1. The van der Waals surface area contributed by atoms with Crippen molar-refractivity contribution in [3.63, 3.8) is 0 Å². The van der Waals surface area contributed by atoms with E-state index in [0.717, 1.165) is 5.89 Å². The Morgan fingerprint density at radius 3 is 3.00 bits per heavy atom. The first kappa shape index (κ1) is 10.3. The average molecular weight is 241 g/mol. The van der Waals surface area contributed by atoms with Crippen molar-refractivity contribution >= 4 is 0 Å². The van der Waals surface area contributed by atoms with Crippen LogP contribution in [0.3, 0.4) is 0 Å². The van der Waals surface area contributed by atoms with Crippen molar-refractivity contribution in [1.29, 1.82) is 0 Å². The van der Waals surface area contributed by atoms with E-state index in [1.54, 1.807) is 0 Å². The lowest BCUT2D eigenvalue weighted by Crippen LogP contribution is -2.00. The van der Waals surface area contributed by atoms with Crippen LogP contribution in [0.15, 0.2) is 28.8 Å². The third kappa shape index (κ3) is 1.35. The van der Waals surface area contributed by atoms with Crippen LogP contribution in [0.1, 0.15) is 41.1 Å². The second kappa shape index (κ2) is 3.65. The molecule has 0 bridgehead atoms. The molecule has 2 aliphatic rings. The minimum atomic E-state index is 0.349. The van der Waals surface area contributed by atoms with Gasteiger partial charge in [-0.2, -0.15) is 4.98 Å². The zero-order chi connectivity index (χ0) is 12.1. The Balaban J connectivity index is 1.68. The summed E-state index contributed by atoms with van der Waals surface area (Å²) in [4.78, 5) is 4.39. The number of rotatable bonds is 2. The summed E-state index contributed by atoms with van der Waals surface area (Å²) in [5.41, 5.74) is 8.49. The van der Waals surface area contributed by atoms with E-state index in [9.17, 15) is 0 Å². The summed E-state index contributed by atoms with van der Waals surface area (Å²) in [6, 6.07) is 8.72. The van der Waals surface area contributed by atoms with E-state index in [4.69, 9.17) is 10.3 Å². The molecule has 2 aromatic rings. The van der Waals surface area contributed by atoms with Crippen molar-refractivity contribution < 1.29 is 4.52 Å². The molecule has 0 amide bonds. The first-order valence-electron chi connectivity index (χ1n) is 6.49. The maximum atomic E-state index is 5.52. The van der Waals surface area contributed by atoms with E-state index < -0.39 is 0 Å². The lowest BCUT2D eigenvalue weighted by atomic mass is 9.92. The van der Waals surface area contributed by atoms with Gasteiger partial charge in [-0.05, 0) is 35.8 Å². The molecule has 0 spiro atoms. The number of aryl methyl sites for hydroxylation is 1. The fraction of sp³-hybridized carbons (Fsp3) is 0.429. The van der Waals surface area contributed by atoms with Gasteiger partial charge in [-0.15, -0.1) is 0 Å². The molecule has 1 saturated carbocycles. The Labute approximate surface area is 105 Å². The smallest absolute Gasteiger partial charge is 0.230 e. The first-order chi connectivity index (χ1) is 8.88. The van der Waals surface area contributed by atoms with E-state index in [2.05, 4.69) is 34.4 Å². The van der Waals surface area contributed by atoms with Crippen LogP contribution in [0.4, 0.5) is 0 Å². The number of fused-ring (bicyclic) bond motifs is 3. The van der Waals surface area contributed by atoms with E-state index in [1.807, 2.05) is 0 Å². The average Bonchev–Trinajstić information content (AvgIpc) is 2.98. The SMILES string of the molecule is NCc1noc(C2C3CCc4ccccc4C32)n1. The third-order valence-electron chi connectivity index (χ3n) is 4.28. The lowest BCUT2D eigenvalue weighted by Gasteiger charge is -2.13. The molecular weight excluding hydrogens is 226 g/mol. The Kier molecular flexibility index (Phi) is 2.08. The standard InChI is InChI=1S/C14H15N3O/c15-7-11-16-14(18-17-11)13-10-6-5-8-3-1-2-4-9(8)12(10)13/h1-4,10,12-13H,5-7,15H2. The normalized spacial score (nSPS) is 28.6. The Bertz CT molecular complexity index is 592. The second-order valence-electron chi connectivity index (χ2n) is 5.21. The van der Waals surface area contributed by atoms with Crippen molar-refractivity contribution in [2.45, 2.75) is 31.2 Å². The summed E-state index contributed by atoms with van der Waals surface area (Å²) in [5.74, 6) is 3.08. The monoisotopic (exact) mass is 241 g/mol.